The lowest BCUT2D eigenvalue weighted by Gasteiger charge is -2.36. The topological polar surface area (TPSA) is 44.3 Å². The highest BCUT2D eigenvalue weighted by atomic mass is 15.3. The van der Waals surface area contributed by atoms with Crippen LogP contribution in [-0.2, 0) is 0 Å². The van der Waals surface area contributed by atoms with E-state index in [4.69, 9.17) is 4.98 Å². The smallest absolute Gasteiger partial charge is 0.227 e. The molecule has 0 amide bonds. The monoisotopic (exact) mass is 325 g/mol. The molecule has 2 heterocycles. The summed E-state index contributed by atoms with van der Waals surface area (Å²) < 4.78 is 0. The van der Waals surface area contributed by atoms with Gasteiger partial charge in [0.1, 0.15) is 5.82 Å². The molecular weight excluding hydrogens is 298 g/mol. The number of aromatic nitrogens is 2. The van der Waals surface area contributed by atoms with Crippen molar-refractivity contribution in [3.8, 4) is 0 Å². The molecule has 0 bridgehead atoms. The van der Waals surface area contributed by atoms with Gasteiger partial charge >= 0.3 is 0 Å². The minimum absolute atomic E-state index is 0.849. The zero-order valence-electron chi connectivity index (χ0n) is 14.7. The van der Waals surface area contributed by atoms with E-state index in [1.165, 1.54) is 12.1 Å². The van der Waals surface area contributed by atoms with E-state index in [9.17, 15) is 0 Å². The Balaban J connectivity index is 1.63. The van der Waals surface area contributed by atoms with E-state index >= 15 is 0 Å². The van der Waals surface area contributed by atoms with Crippen LogP contribution in [0.4, 0.5) is 17.5 Å². The predicted molar refractivity (Wildman–Crippen MR) is 101 cm³/mol. The van der Waals surface area contributed by atoms with Crippen LogP contribution < -0.4 is 15.1 Å². The van der Waals surface area contributed by atoms with Crippen LogP contribution in [0.5, 0.6) is 0 Å². The molecular formula is C19H27N5. The highest BCUT2D eigenvalue weighted by Gasteiger charge is 2.19. The van der Waals surface area contributed by atoms with E-state index in [0.717, 1.165) is 56.6 Å². The van der Waals surface area contributed by atoms with Crippen molar-refractivity contribution in [3.05, 3.63) is 42.1 Å². The van der Waals surface area contributed by atoms with Crippen molar-refractivity contribution in [1.82, 2.24) is 9.97 Å². The second-order valence-electron chi connectivity index (χ2n) is 6.28. The first kappa shape index (κ1) is 16.6. The lowest BCUT2D eigenvalue weighted by molar-refractivity contribution is 0.639. The van der Waals surface area contributed by atoms with E-state index in [0.29, 0.717) is 0 Å². The number of hydrogen-bond donors (Lipinski definition) is 1. The Kier molecular flexibility index (Phi) is 5.51. The number of hydrogen-bond acceptors (Lipinski definition) is 5. The second kappa shape index (κ2) is 7.99. The zero-order chi connectivity index (χ0) is 16.8. The first-order chi connectivity index (χ1) is 11.8. The molecule has 1 fully saturated rings. The Morgan fingerprint density at radius 3 is 2.42 bits per heavy atom. The average molecular weight is 325 g/mol. The summed E-state index contributed by atoms with van der Waals surface area (Å²) in [6, 6.07) is 12.6. The number of nitrogens with zero attached hydrogens (tertiary/aromatic N) is 4. The summed E-state index contributed by atoms with van der Waals surface area (Å²) in [6.07, 6.45) is 2.35. The van der Waals surface area contributed by atoms with Crippen molar-refractivity contribution >= 4 is 17.5 Å². The third kappa shape index (κ3) is 4.16. The first-order valence-electron chi connectivity index (χ1n) is 8.91. The lowest BCUT2D eigenvalue weighted by Crippen LogP contribution is -2.47. The molecule has 0 radical (unpaired) electrons. The Morgan fingerprint density at radius 2 is 1.71 bits per heavy atom. The van der Waals surface area contributed by atoms with Crippen molar-refractivity contribution in [2.45, 2.75) is 26.7 Å². The number of nitrogens with one attached hydrogen (secondary N) is 1. The molecule has 2 aromatic rings. The Bertz CT molecular complexity index is 635. The molecule has 0 spiro atoms. The van der Waals surface area contributed by atoms with Crippen LogP contribution in [0.3, 0.4) is 0 Å². The number of benzene rings is 1. The lowest BCUT2D eigenvalue weighted by atomic mass is 10.2. The van der Waals surface area contributed by atoms with Gasteiger partial charge in [0.05, 0.1) is 0 Å². The summed E-state index contributed by atoms with van der Waals surface area (Å²) in [4.78, 5) is 14.1. The predicted octanol–water partition coefficient (Wildman–Crippen LogP) is 3.32. The molecule has 0 saturated carbocycles. The Hall–Kier alpha value is -2.30. The first-order valence-corrected chi connectivity index (χ1v) is 8.91. The fourth-order valence-corrected chi connectivity index (χ4v) is 2.98. The normalized spacial score (nSPS) is 14.8. The van der Waals surface area contributed by atoms with Crippen LogP contribution >= 0.6 is 0 Å². The number of para-hydroxylation sites is 1. The van der Waals surface area contributed by atoms with Crippen LogP contribution in [0.25, 0.3) is 0 Å². The summed E-state index contributed by atoms with van der Waals surface area (Å²) in [5, 5.41) is 3.41. The largest absolute Gasteiger partial charge is 0.370 e. The quantitative estimate of drug-likeness (QED) is 0.825. The fourth-order valence-electron chi connectivity index (χ4n) is 2.98. The maximum Gasteiger partial charge on any atom is 0.227 e. The summed E-state index contributed by atoms with van der Waals surface area (Å²) >= 11 is 0. The molecule has 1 aromatic heterocycles. The van der Waals surface area contributed by atoms with E-state index in [-0.39, 0.29) is 0 Å². The molecule has 5 heteroatoms. The van der Waals surface area contributed by atoms with Gasteiger partial charge in [0.25, 0.3) is 0 Å². The van der Waals surface area contributed by atoms with Crippen LogP contribution in [0.15, 0.2) is 36.4 Å². The summed E-state index contributed by atoms with van der Waals surface area (Å²) in [5.74, 6) is 1.79. The van der Waals surface area contributed by atoms with Gasteiger partial charge in [-0.2, -0.15) is 4.98 Å². The van der Waals surface area contributed by atoms with E-state index in [2.05, 4.69) is 57.4 Å². The van der Waals surface area contributed by atoms with Gasteiger partial charge in [-0.15, -0.1) is 0 Å². The van der Waals surface area contributed by atoms with Crippen LogP contribution in [0, 0.1) is 6.92 Å². The molecule has 0 aliphatic carbocycles. The third-order valence-corrected chi connectivity index (χ3v) is 4.36. The van der Waals surface area contributed by atoms with Gasteiger partial charge in [-0.1, -0.05) is 31.5 Å². The molecule has 1 aromatic carbocycles. The van der Waals surface area contributed by atoms with E-state index in [1.807, 2.05) is 13.0 Å². The van der Waals surface area contributed by atoms with Gasteiger partial charge < -0.3 is 15.1 Å². The van der Waals surface area contributed by atoms with Crippen molar-refractivity contribution in [3.63, 3.8) is 0 Å². The van der Waals surface area contributed by atoms with Gasteiger partial charge in [-0.05, 0) is 25.5 Å². The van der Waals surface area contributed by atoms with Crippen molar-refractivity contribution in [2.75, 3.05) is 47.8 Å². The van der Waals surface area contributed by atoms with Crippen LogP contribution in [-0.4, -0.2) is 42.7 Å². The number of anilines is 3. The molecule has 5 nitrogen and oxygen atoms in total. The highest BCUT2D eigenvalue weighted by molar-refractivity contribution is 5.49. The molecule has 1 N–H and O–H groups in total. The summed E-state index contributed by atoms with van der Waals surface area (Å²) in [7, 11) is 0. The number of piperazine rings is 1. The van der Waals surface area contributed by atoms with E-state index < -0.39 is 0 Å². The van der Waals surface area contributed by atoms with Gasteiger partial charge in [-0.25, -0.2) is 4.98 Å². The molecule has 1 saturated heterocycles. The second-order valence-corrected chi connectivity index (χ2v) is 6.28. The average Bonchev–Trinajstić information content (AvgIpc) is 2.62. The van der Waals surface area contributed by atoms with Crippen molar-refractivity contribution in [1.29, 1.82) is 0 Å². The van der Waals surface area contributed by atoms with Gasteiger partial charge in [0, 0.05) is 50.2 Å². The number of unbranched alkanes of at least 4 members (excludes halogenated alkanes) is 1. The fraction of sp³-hybridized carbons (Fsp3) is 0.474. The van der Waals surface area contributed by atoms with Crippen LogP contribution in [0.2, 0.25) is 0 Å². The molecule has 0 atom stereocenters. The summed E-state index contributed by atoms with van der Waals surface area (Å²) in [6.45, 7) is 9.11. The summed E-state index contributed by atoms with van der Waals surface area (Å²) in [5.41, 5.74) is 2.31. The maximum atomic E-state index is 4.71. The van der Waals surface area contributed by atoms with Gasteiger partial charge in [0.2, 0.25) is 5.95 Å². The highest BCUT2D eigenvalue weighted by Crippen LogP contribution is 2.19. The molecule has 0 unspecified atom stereocenters. The molecule has 1 aliphatic heterocycles. The minimum Gasteiger partial charge on any atom is -0.370 e. The zero-order valence-corrected chi connectivity index (χ0v) is 14.7. The molecule has 24 heavy (non-hydrogen) atoms. The number of aryl methyl sites for hydroxylation is 1. The molecule has 1 aliphatic rings. The third-order valence-electron chi connectivity index (χ3n) is 4.36. The van der Waals surface area contributed by atoms with Gasteiger partial charge in [-0.3, -0.25) is 0 Å². The van der Waals surface area contributed by atoms with Crippen molar-refractivity contribution < 1.29 is 0 Å². The van der Waals surface area contributed by atoms with E-state index in [1.54, 1.807) is 0 Å². The minimum atomic E-state index is 0.849. The molecule has 3 rings (SSSR count). The van der Waals surface area contributed by atoms with Crippen molar-refractivity contribution in [2.24, 2.45) is 0 Å². The Labute approximate surface area is 144 Å². The maximum absolute atomic E-state index is 4.71. The molecule has 128 valence electrons. The Morgan fingerprint density at radius 1 is 1.00 bits per heavy atom. The number of rotatable bonds is 6. The van der Waals surface area contributed by atoms with Gasteiger partial charge in [0.15, 0.2) is 0 Å². The van der Waals surface area contributed by atoms with Crippen LogP contribution in [0.1, 0.15) is 25.5 Å². The SMILES string of the molecule is CCCCNc1cc(C)nc(N2CCN(c3ccccc3)CC2)n1. The standard InChI is InChI=1S/C19H27N5/c1-3-4-10-20-18-15-16(2)21-19(22-18)24-13-11-23(12-14-24)17-8-6-5-7-9-17/h5-9,15H,3-4,10-14H2,1-2H3,(H,20,21,22).